The predicted octanol–water partition coefficient (Wildman–Crippen LogP) is 3.99. The Kier molecular flexibility index (Phi) is 6.17. The Bertz CT molecular complexity index is 1010. The van der Waals surface area contributed by atoms with Gasteiger partial charge < -0.3 is 15.8 Å². The van der Waals surface area contributed by atoms with Gasteiger partial charge in [0.15, 0.2) is 0 Å². The van der Waals surface area contributed by atoms with Crippen molar-refractivity contribution in [2.75, 3.05) is 41.7 Å². The largest absolute Gasteiger partial charge is 0.397 e. The normalized spacial score (nSPS) is 22.4. The first-order valence-corrected chi connectivity index (χ1v) is 12.6. The first kappa shape index (κ1) is 22.0. The molecule has 1 saturated heterocycles. The fourth-order valence-electron chi connectivity index (χ4n) is 4.45. The van der Waals surface area contributed by atoms with Crippen LogP contribution in [0.5, 0.6) is 0 Å². The van der Waals surface area contributed by atoms with Crippen molar-refractivity contribution < 1.29 is 13.2 Å². The highest BCUT2D eigenvalue weighted by Crippen LogP contribution is 2.50. The van der Waals surface area contributed by atoms with Crippen molar-refractivity contribution in [2.24, 2.45) is 23.7 Å². The molecule has 1 heterocycles. The van der Waals surface area contributed by atoms with Gasteiger partial charge in [-0.1, -0.05) is 32.9 Å². The molecule has 1 saturated carbocycles. The molecule has 3 atom stereocenters. The second-order valence-corrected chi connectivity index (χ2v) is 11.0. The Hall–Kier alpha value is -2.25. The van der Waals surface area contributed by atoms with E-state index in [-0.39, 0.29) is 10.8 Å². The fourth-order valence-corrected chi connectivity index (χ4v) is 6.11. The molecule has 1 aliphatic heterocycles. The maximum atomic E-state index is 13.5. The minimum Gasteiger partial charge on any atom is -0.397 e. The molecule has 2 aliphatic rings. The van der Waals surface area contributed by atoms with Gasteiger partial charge in [-0.05, 0) is 66.0 Å². The molecule has 0 aromatic heterocycles. The van der Waals surface area contributed by atoms with E-state index in [2.05, 4.69) is 12.2 Å². The van der Waals surface area contributed by atoms with Crippen molar-refractivity contribution in [3.8, 4) is 0 Å². The average Bonchev–Trinajstić information content (AvgIpc) is 3.17. The summed E-state index contributed by atoms with van der Waals surface area (Å²) in [5.41, 5.74) is 9.34. The highest BCUT2D eigenvalue weighted by molar-refractivity contribution is 7.92. The first-order chi connectivity index (χ1) is 14.8. The lowest BCUT2D eigenvalue weighted by molar-refractivity contribution is 0.153. The zero-order valence-corrected chi connectivity index (χ0v) is 19.4. The number of nitrogen functional groups attached to an aromatic ring is 1. The van der Waals surface area contributed by atoms with E-state index in [4.69, 9.17) is 10.5 Å². The third kappa shape index (κ3) is 4.53. The standard InChI is InChI=1S/C24H33N3O3S/c1-4-17-5-7-18(8-6-17)27(13-16(2)3)31(28,29)19-9-10-24(23(25)11-19)26-12-20-21-14-30-15-22(20)21/h5-11,16,20-22,26H,4,12-15,25H2,1-3H3/t20-,21-,22+. The van der Waals surface area contributed by atoms with Crippen LogP contribution >= 0.6 is 0 Å². The van der Waals surface area contributed by atoms with Crippen molar-refractivity contribution in [3.63, 3.8) is 0 Å². The molecule has 6 nitrogen and oxygen atoms in total. The van der Waals surface area contributed by atoms with E-state index in [0.717, 1.165) is 31.9 Å². The summed E-state index contributed by atoms with van der Waals surface area (Å²) < 4.78 is 34.0. The summed E-state index contributed by atoms with van der Waals surface area (Å²) in [4.78, 5) is 0.215. The number of ether oxygens (including phenoxy) is 1. The first-order valence-electron chi connectivity index (χ1n) is 11.1. The molecule has 4 rings (SSSR count). The second kappa shape index (κ2) is 8.71. The van der Waals surface area contributed by atoms with Gasteiger partial charge in [0.2, 0.25) is 0 Å². The Morgan fingerprint density at radius 1 is 1.13 bits per heavy atom. The van der Waals surface area contributed by atoms with Crippen molar-refractivity contribution >= 4 is 27.1 Å². The fraction of sp³-hybridized carbons (Fsp3) is 0.500. The van der Waals surface area contributed by atoms with E-state index >= 15 is 0 Å². The number of sulfonamides is 1. The van der Waals surface area contributed by atoms with E-state index in [1.165, 1.54) is 9.87 Å². The van der Waals surface area contributed by atoms with Gasteiger partial charge in [0.1, 0.15) is 0 Å². The van der Waals surface area contributed by atoms with Gasteiger partial charge in [0, 0.05) is 13.1 Å². The molecule has 1 aliphatic carbocycles. The third-order valence-electron chi connectivity index (χ3n) is 6.43. The lowest BCUT2D eigenvalue weighted by Crippen LogP contribution is -2.34. The number of benzene rings is 2. The Labute approximate surface area is 185 Å². The van der Waals surface area contributed by atoms with E-state index in [1.54, 1.807) is 18.2 Å². The van der Waals surface area contributed by atoms with Gasteiger partial charge in [0.25, 0.3) is 10.0 Å². The smallest absolute Gasteiger partial charge is 0.264 e. The van der Waals surface area contributed by atoms with Crippen LogP contribution in [-0.2, 0) is 21.2 Å². The summed E-state index contributed by atoms with van der Waals surface area (Å²) >= 11 is 0. The minimum absolute atomic E-state index is 0.181. The molecule has 168 valence electrons. The molecule has 7 heteroatoms. The molecule has 0 bridgehead atoms. The summed E-state index contributed by atoms with van der Waals surface area (Å²) in [6, 6.07) is 12.7. The van der Waals surface area contributed by atoms with Crippen LogP contribution in [0.4, 0.5) is 17.1 Å². The van der Waals surface area contributed by atoms with Crippen molar-refractivity contribution in [3.05, 3.63) is 48.0 Å². The van der Waals surface area contributed by atoms with Gasteiger partial charge in [-0.25, -0.2) is 8.42 Å². The Balaban J connectivity index is 1.53. The summed E-state index contributed by atoms with van der Waals surface area (Å²) in [7, 11) is -3.73. The van der Waals surface area contributed by atoms with Crippen LogP contribution in [0, 0.1) is 23.7 Å². The minimum atomic E-state index is -3.73. The molecule has 0 radical (unpaired) electrons. The predicted molar refractivity (Wildman–Crippen MR) is 126 cm³/mol. The molecule has 2 aromatic rings. The Morgan fingerprint density at radius 3 is 2.39 bits per heavy atom. The number of fused-ring (bicyclic) bond motifs is 1. The number of nitrogens with zero attached hydrogens (tertiary/aromatic N) is 1. The summed E-state index contributed by atoms with van der Waals surface area (Å²) in [5, 5.41) is 3.40. The zero-order chi connectivity index (χ0) is 22.2. The summed E-state index contributed by atoms with van der Waals surface area (Å²) in [5.74, 6) is 2.14. The van der Waals surface area contributed by atoms with Gasteiger partial charge in [-0.3, -0.25) is 4.31 Å². The lowest BCUT2D eigenvalue weighted by Gasteiger charge is -2.27. The molecule has 31 heavy (non-hydrogen) atoms. The number of rotatable bonds is 9. The quantitative estimate of drug-likeness (QED) is 0.573. The zero-order valence-electron chi connectivity index (χ0n) is 18.5. The number of nitrogens with one attached hydrogen (secondary N) is 1. The maximum Gasteiger partial charge on any atom is 0.264 e. The summed E-state index contributed by atoms with van der Waals surface area (Å²) in [6.07, 6.45) is 0.914. The third-order valence-corrected chi connectivity index (χ3v) is 8.22. The number of anilines is 3. The van der Waals surface area contributed by atoms with Crippen LogP contribution in [0.15, 0.2) is 47.4 Å². The SMILES string of the molecule is CCc1ccc(N(CC(C)C)S(=O)(=O)c2ccc(NC[C@@H]3[C@H]4COC[C@@H]34)c(N)c2)cc1. The molecular weight excluding hydrogens is 410 g/mol. The Morgan fingerprint density at radius 2 is 1.81 bits per heavy atom. The molecule has 2 fully saturated rings. The lowest BCUT2D eigenvalue weighted by atomic mass is 10.1. The van der Waals surface area contributed by atoms with Gasteiger partial charge in [-0.15, -0.1) is 0 Å². The van der Waals surface area contributed by atoms with Crippen molar-refractivity contribution in [2.45, 2.75) is 32.1 Å². The molecule has 3 N–H and O–H groups in total. The average molecular weight is 444 g/mol. The molecule has 0 spiro atoms. The van der Waals surface area contributed by atoms with Gasteiger partial charge in [-0.2, -0.15) is 0 Å². The van der Waals surface area contributed by atoms with Gasteiger partial charge >= 0.3 is 0 Å². The van der Waals surface area contributed by atoms with Crippen molar-refractivity contribution in [1.29, 1.82) is 0 Å². The molecule has 0 amide bonds. The topological polar surface area (TPSA) is 84.7 Å². The number of hydrogen-bond donors (Lipinski definition) is 2. The highest BCUT2D eigenvalue weighted by atomic mass is 32.2. The number of nitrogens with two attached hydrogens (primary N) is 1. The maximum absolute atomic E-state index is 13.5. The van der Waals surface area contributed by atoms with E-state index in [0.29, 0.717) is 35.7 Å². The van der Waals surface area contributed by atoms with Crippen LogP contribution in [0.1, 0.15) is 26.3 Å². The number of hydrogen-bond acceptors (Lipinski definition) is 5. The molecule has 2 aromatic carbocycles. The second-order valence-electron chi connectivity index (χ2n) is 9.11. The highest BCUT2D eigenvalue weighted by Gasteiger charge is 2.53. The van der Waals surface area contributed by atoms with Crippen LogP contribution < -0.4 is 15.4 Å². The number of aryl methyl sites for hydroxylation is 1. The summed E-state index contributed by atoms with van der Waals surface area (Å²) in [6.45, 7) is 9.08. The molecular formula is C24H33N3O3S. The van der Waals surface area contributed by atoms with E-state index in [1.807, 2.05) is 38.1 Å². The van der Waals surface area contributed by atoms with Crippen LogP contribution in [0.25, 0.3) is 0 Å². The molecule has 0 unspecified atom stereocenters. The van der Waals surface area contributed by atoms with Crippen LogP contribution in [-0.4, -0.2) is 34.7 Å². The van der Waals surface area contributed by atoms with Crippen LogP contribution in [0.3, 0.4) is 0 Å². The van der Waals surface area contributed by atoms with E-state index < -0.39 is 10.0 Å². The van der Waals surface area contributed by atoms with E-state index in [9.17, 15) is 8.42 Å². The van der Waals surface area contributed by atoms with Gasteiger partial charge in [0.05, 0.1) is 35.2 Å². The van der Waals surface area contributed by atoms with Crippen LogP contribution in [0.2, 0.25) is 0 Å². The van der Waals surface area contributed by atoms with Crippen molar-refractivity contribution in [1.82, 2.24) is 0 Å². The monoisotopic (exact) mass is 443 g/mol.